The zero-order valence-corrected chi connectivity index (χ0v) is 17.8. The average molecular weight is 437 g/mol. The maximum atomic E-state index is 13.6. The fourth-order valence-electron chi connectivity index (χ4n) is 3.97. The van der Waals surface area contributed by atoms with E-state index in [0.717, 1.165) is 31.5 Å². The van der Waals surface area contributed by atoms with E-state index in [1.807, 2.05) is 18.2 Å². The van der Waals surface area contributed by atoms with Gasteiger partial charge in [-0.3, -0.25) is 0 Å². The number of para-hydroxylation sites is 1. The van der Waals surface area contributed by atoms with Crippen molar-refractivity contribution in [2.45, 2.75) is 19.8 Å². The lowest BCUT2D eigenvalue weighted by molar-refractivity contribution is 0.435. The van der Waals surface area contributed by atoms with Gasteiger partial charge in [-0.05, 0) is 55.2 Å². The molecule has 4 aromatic rings. The van der Waals surface area contributed by atoms with Crippen molar-refractivity contribution in [3.8, 4) is 16.9 Å². The highest BCUT2D eigenvalue weighted by Crippen LogP contribution is 2.35. The summed E-state index contributed by atoms with van der Waals surface area (Å²) >= 11 is 6.40. The number of rotatable bonds is 3. The lowest BCUT2D eigenvalue weighted by Crippen LogP contribution is -2.34. The molecule has 8 heteroatoms. The molecule has 2 N–H and O–H groups in total. The van der Waals surface area contributed by atoms with Gasteiger partial charge < -0.3 is 10.6 Å². The third kappa shape index (κ3) is 3.59. The number of nitrogens with zero attached hydrogens (tertiary/aromatic N) is 5. The predicted molar refractivity (Wildman–Crippen MR) is 122 cm³/mol. The molecule has 0 amide bonds. The smallest absolute Gasteiger partial charge is 0.228 e. The fraction of sp³-hybridized carbons (Fsp3) is 0.261. The first-order chi connectivity index (χ1) is 15.0. The van der Waals surface area contributed by atoms with E-state index in [1.165, 1.54) is 12.1 Å². The van der Waals surface area contributed by atoms with Crippen LogP contribution in [-0.4, -0.2) is 32.8 Å². The van der Waals surface area contributed by atoms with Gasteiger partial charge in [-0.15, -0.1) is 5.10 Å². The number of nitrogen functional groups attached to an aromatic ring is 1. The summed E-state index contributed by atoms with van der Waals surface area (Å²) in [5, 5.41) is 5.83. The zero-order valence-electron chi connectivity index (χ0n) is 17.1. The molecule has 31 heavy (non-hydrogen) atoms. The molecule has 1 aliphatic rings. The van der Waals surface area contributed by atoms with Gasteiger partial charge in [-0.1, -0.05) is 30.7 Å². The summed E-state index contributed by atoms with van der Waals surface area (Å²) < 4.78 is 15.2. The van der Waals surface area contributed by atoms with Crippen LogP contribution in [0.2, 0.25) is 5.02 Å². The van der Waals surface area contributed by atoms with Gasteiger partial charge in [-0.2, -0.15) is 4.98 Å². The molecule has 0 spiro atoms. The van der Waals surface area contributed by atoms with Gasteiger partial charge in [0.25, 0.3) is 0 Å². The maximum absolute atomic E-state index is 13.6. The quantitative estimate of drug-likeness (QED) is 0.484. The Hall–Kier alpha value is -3.19. The van der Waals surface area contributed by atoms with E-state index in [-0.39, 0.29) is 5.82 Å². The van der Waals surface area contributed by atoms with Gasteiger partial charge in [0.2, 0.25) is 5.95 Å². The highest BCUT2D eigenvalue weighted by Gasteiger charge is 2.24. The van der Waals surface area contributed by atoms with Crippen LogP contribution in [0, 0.1) is 11.7 Å². The minimum atomic E-state index is -0.306. The number of anilines is 2. The van der Waals surface area contributed by atoms with Crippen LogP contribution in [0.5, 0.6) is 0 Å². The van der Waals surface area contributed by atoms with E-state index in [4.69, 9.17) is 27.3 Å². The third-order valence-electron chi connectivity index (χ3n) is 5.82. The second kappa shape index (κ2) is 7.81. The van der Waals surface area contributed by atoms with Crippen molar-refractivity contribution in [3.05, 3.63) is 59.4 Å². The van der Waals surface area contributed by atoms with Crippen molar-refractivity contribution in [3.63, 3.8) is 0 Å². The van der Waals surface area contributed by atoms with Gasteiger partial charge in [0.05, 0.1) is 21.8 Å². The number of halogens is 2. The summed E-state index contributed by atoms with van der Waals surface area (Å²) in [7, 11) is 0. The van der Waals surface area contributed by atoms with Crippen molar-refractivity contribution in [2.75, 3.05) is 23.7 Å². The molecule has 2 aromatic carbocycles. The lowest BCUT2D eigenvalue weighted by atomic mass is 9.99. The van der Waals surface area contributed by atoms with Gasteiger partial charge in [0.1, 0.15) is 11.6 Å². The number of hydrogen-bond acceptors (Lipinski definition) is 5. The molecule has 0 saturated carbocycles. The van der Waals surface area contributed by atoms with Gasteiger partial charge in [-0.25, -0.2) is 14.1 Å². The molecular formula is C23H22ClFN6. The van der Waals surface area contributed by atoms with Crippen LogP contribution in [0.15, 0.2) is 48.5 Å². The molecular weight excluding hydrogens is 415 g/mol. The van der Waals surface area contributed by atoms with E-state index in [1.54, 1.807) is 22.9 Å². The summed E-state index contributed by atoms with van der Waals surface area (Å²) in [5.41, 5.74) is 9.07. The Morgan fingerprint density at radius 1 is 1.03 bits per heavy atom. The Morgan fingerprint density at radius 3 is 2.45 bits per heavy atom. The minimum absolute atomic E-state index is 0.306. The summed E-state index contributed by atoms with van der Waals surface area (Å²) in [6, 6.07) is 13.6. The number of nitrogens with two attached hydrogens (primary N) is 1. The first kappa shape index (κ1) is 19.8. The van der Waals surface area contributed by atoms with E-state index >= 15 is 0 Å². The largest absolute Gasteiger partial charge is 0.383 e. The Morgan fingerprint density at radius 2 is 1.74 bits per heavy atom. The molecule has 3 heterocycles. The number of benzene rings is 2. The van der Waals surface area contributed by atoms with E-state index < -0.39 is 0 Å². The summed E-state index contributed by atoms with van der Waals surface area (Å²) in [5.74, 6) is 1.38. The van der Waals surface area contributed by atoms with Crippen LogP contribution in [0.4, 0.5) is 16.2 Å². The standard InChI is InChI=1S/C23H22ClFN6/c1-14-10-12-30(13-11-14)23-27-20(15-6-8-16(25)9-7-15)19-21(26)31(29-22(19)28-23)18-5-3-2-4-17(18)24/h2-9,14H,10-13,26H2,1H3. The number of fused-ring (bicyclic) bond motifs is 1. The topological polar surface area (TPSA) is 72.9 Å². The van der Waals surface area contributed by atoms with Crippen molar-refractivity contribution in [1.29, 1.82) is 0 Å². The van der Waals surface area contributed by atoms with E-state index in [9.17, 15) is 4.39 Å². The monoisotopic (exact) mass is 436 g/mol. The molecule has 0 aliphatic carbocycles. The van der Waals surface area contributed by atoms with Crippen LogP contribution in [0.1, 0.15) is 19.8 Å². The normalized spacial score (nSPS) is 15.0. The molecule has 0 bridgehead atoms. The summed E-state index contributed by atoms with van der Waals surface area (Å²) in [6.45, 7) is 4.03. The summed E-state index contributed by atoms with van der Waals surface area (Å²) in [6.07, 6.45) is 2.17. The Bertz CT molecular complexity index is 1250. The van der Waals surface area contributed by atoms with Crippen LogP contribution in [0.25, 0.3) is 28.0 Å². The molecule has 0 atom stereocenters. The van der Waals surface area contributed by atoms with Crippen molar-refractivity contribution in [1.82, 2.24) is 19.7 Å². The van der Waals surface area contributed by atoms with Crippen molar-refractivity contribution in [2.24, 2.45) is 5.92 Å². The molecule has 1 fully saturated rings. The zero-order chi connectivity index (χ0) is 21.5. The lowest BCUT2D eigenvalue weighted by Gasteiger charge is -2.30. The minimum Gasteiger partial charge on any atom is -0.383 e. The molecule has 5 rings (SSSR count). The van der Waals surface area contributed by atoms with Gasteiger partial charge in [0, 0.05) is 18.7 Å². The van der Waals surface area contributed by atoms with Crippen molar-refractivity contribution < 1.29 is 4.39 Å². The number of aromatic nitrogens is 4. The van der Waals surface area contributed by atoms with Crippen LogP contribution in [0.3, 0.4) is 0 Å². The van der Waals surface area contributed by atoms with Crippen molar-refractivity contribution >= 4 is 34.4 Å². The Balaban J connectivity index is 1.73. The Labute approximate surface area is 184 Å². The molecule has 1 aliphatic heterocycles. The number of hydrogen-bond donors (Lipinski definition) is 1. The Kier molecular flexibility index (Phi) is 4.98. The van der Waals surface area contributed by atoms with E-state index in [2.05, 4.69) is 16.9 Å². The maximum Gasteiger partial charge on any atom is 0.228 e. The average Bonchev–Trinajstić information content (AvgIpc) is 3.11. The first-order valence-electron chi connectivity index (χ1n) is 10.3. The second-order valence-electron chi connectivity index (χ2n) is 8.00. The molecule has 1 saturated heterocycles. The molecule has 0 unspecified atom stereocenters. The van der Waals surface area contributed by atoms with Crippen LogP contribution < -0.4 is 10.6 Å². The number of piperidine rings is 1. The van der Waals surface area contributed by atoms with Crippen LogP contribution >= 0.6 is 11.6 Å². The van der Waals surface area contributed by atoms with E-state index in [0.29, 0.717) is 45.1 Å². The van der Waals surface area contributed by atoms with Gasteiger partial charge >= 0.3 is 0 Å². The molecule has 2 aromatic heterocycles. The first-order valence-corrected chi connectivity index (χ1v) is 10.7. The van der Waals surface area contributed by atoms with Gasteiger partial charge in [0.15, 0.2) is 5.65 Å². The fourth-order valence-corrected chi connectivity index (χ4v) is 4.19. The SMILES string of the molecule is CC1CCN(c2nc(-c3ccc(F)cc3)c3c(N)n(-c4ccccc4Cl)nc3n2)CC1. The van der Waals surface area contributed by atoms with Crippen LogP contribution in [-0.2, 0) is 0 Å². The highest BCUT2D eigenvalue weighted by molar-refractivity contribution is 6.32. The molecule has 158 valence electrons. The molecule has 6 nitrogen and oxygen atoms in total. The molecule has 0 radical (unpaired) electrons. The second-order valence-corrected chi connectivity index (χ2v) is 8.40. The summed E-state index contributed by atoms with van der Waals surface area (Å²) in [4.78, 5) is 11.8. The predicted octanol–water partition coefficient (Wildman–Crippen LogP) is 5.09. The highest BCUT2D eigenvalue weighted by atomic mass is 35.5. The third-order valence-corrected chi connectivity index (χ3v) is 6.14.